The summed E-state index contributed by atoms with van der Waals surface area (Å²) < 4.78 is 12.6. The lowest BCUT2D eigenvalue weighted by Gasteiger charge is -2.11. The van der Waals surface area contributed by atoms with E-state index < -0.39 is 12.1 Å². The molecule has 0 saturated heterocycles. The van der Waals surface area contributed by atoms with Crippen LogP contribution in [0.1, 0.15) is 53.0 Å². The van der Waals surface area contributed by atoms with Crippen LogP contribution in [0.15, 0.2) is 55.3 Å². The van der Waals surface area contributed by atoms with Gasteiger partial charge in [0.2, 0.25) is 0 Å². The molecular formula is C24H27NO4. The average molecular weight is 393 g/mol. The lowest BCUT2D eigenvalue weighted by molar-refractivity contribution is 0.0600. The van der Waals surface area contributed by atoms with E-state index in [9.17, 15) is 9.90 Å². The highest BCUT2D eigenvalue weighted by Gasteiger charge is 2.16. The normalized spacial score (nSPS) is 12.2. The first-order valence-electron chi connectivity index (χ1n) is 9.58. The Morgan fingerprint density at radius 1 is 1.17 bits per heavy atom. The van der Waals surface area contributed by atoms with Gasteiger partial charge in [0.25, 0.3) is 0 Å². The molecule has 0 aliphatic heterocycles. The zero-order chi connectivity index (χ0) is 21.1. The lowest BCUT2D eigenvalue weighted by atomic mass is 9.99. The van der Waals surface area contributed by atoms with Crippen LogP contribution < -0.4 is 4.74 Å². The minimum absolute atomic E-state index is 0.296. The molecule has 3 rings (SSSR count). The third-order valence-corrected chi connectivity index (χ3v) is 5.15. The van der Waals surface area contributed by atoms with E-state index in [0.717, 1.165) is 27.6 Å². The number of carbonyl (C=O) groups excluding carboxylic acids is 1. The summed E-state index contributed by atoms with van der Waals surface area (Å²) in [7, 11) is 2.95. The second-order valence-corrected chi connectivity index (χ2v) is 7.31. The van der Waals surface area contributed by atoms with Crippen molar-refractivity contribution in [2.24, 2.45) is 0 Å². The molecule has 1 unspecified atom stereocenters. The van der Waals surface area contributed by atoms with Gasteiger partial charge in [0.1, 0.15) is 5.75 Å². The molecule has 0 saturated carbocycles. The summed E-state index contributed by atoms with van der Waals surface area (Å²) in [5.74, 6) is 0.245. The topological polar surface area (TPSA) is 60.7 Å². The van der Waals surface area contributed by atoms with Crippen molar-refractivity contribution in [2.75, 3.05) is 14.2 Å². The van der Waals surface area contributed by atoms with Gasteiger partial charge < -0.3 is 19.1 Å². The fourth-order valence-electron chi connectivity index (χ4n) is 3.57. The molecule has 1 atom stereocenters. The summed E-state index contributed by atoms with van der Waals surface area (Å²) in [6.45, 7) is 7.96. The third kappa shape index (κ3) is 4.05. The number of rotatable bonds is 7. The first-order chi connectivity index (χ1) is 13.9. The number of aromatic nitrogens is 1. The maximum Gasteiger partial charge on any atom is 0.337 e. The second-order valence-electron chi connectivity index (χ2n) is 7.31. The van der Waals surface area contributed by atoms with E-state index in [1.54, 1.807) is 19.2 Å². The Balaban J connectivity index is 2.09. The number of nitrogens with zero attached hydrogens (tertiary/aromatic N) is 1. The van der Waals surface area contributed by atoms with Gasteiger partial charge in [-0.1, -0.05) is 18.2 Å². The maximum absolute atomic E-state index is 11.8. The van der Waals surface area contributed by atoms with Crippen LogP contribution >= 0.6 is 0 Å². The van der Waals surface area contributed by atoms with Gasteiger partial charge >= 0.3 is 5.97 Å². The molecule has 0 fully saturated rings. The molecule has 0 amide bonds. The number of esters is 1. The van der Waals surface area contributed by atoms with Crippen LogP contribution in [0, 0.1) is 0 Å². The van der Waals surface area contributed by atoms with Crippen molar-refractivity contribution in [2.45, 2.75) is 32.4 Å². The van der Waals surface area contributed by atoms with Crippen LogP contribution in [0.4, 0.5) is 0 Å². The van der Waals surface area contributed by atoms with E-state index >= 15 is 0 Å². The van der Waals surface area contributed by atoms with Crippen LogP contribution in [0.2, 0.25) is 0 Å². The third-order valence-electron chi connectivity index (χ3n) is 5.15. The minimum atomic E-state index is -0.705. The number of benzene rings is 2. The highest BCUT2D eigenvalue weighted by atomic mass is 16.5. The molecule has 29 heavy (non-hydrogen) atoms. The Hall–Kier alpha value is -3.05. The molecule has 152 valence electrons. The van der Waals surface area contributed by atoms with Gasteiger partial charge in [-0.3, -0.25) is 0 Å². The minimum Gasteiger partial charge on any atom is -0.496 e. The number of fused-ring (bicyclic) bond motifs is 1. The monoisotopic (exact) mass is 393 g/mol. The average Bonchev–Trinajstić information content (AvgIpc) is 3.10. The Bertz CT molecular complexity index is 1050. The fourth-order valence-corrected chi connectivity index (χ4v) is 3.57. The van der Waals surface area contributed by atoms with Crippen LogP contribution in [-0.2, 0) is 11.2 Å². The fraction of sp³-hybridized carbons (Fsp3) is 0.292. The number of aliphatic hydroxyl groups is 1. The largest absolute Gasteiger partial charge is 0.496 e. The SMILES string of the molecule is C=CC(O)c1ccc2c(c1)c(Cc1ccc(C(=O)OC)cc1OC)cn2C(C)C. The van der Waals surface area contributed by atoms with E-state index in [4.69, 9.17) is 9.47 Å². The van der Waals surface area contributed by atoms with Gasteiger partial charge in [0, 0.05) is 29.6 Å². The summed E-state index contributed by atoms with van der Waals surface area (Å²) >= 11 is 0. The molecule has 1 aromatic heterocycles. The lowest BCUT2D eigenvalue weighted by Crippen LogP contribution is -2.03. The van der Waals surface area contributed by atoms with Crippen molar-refractivity contribution in [3.63, 3.8) is 0 Å². The predicted octanol–water partition coefficient (Wildman–Crippen LogP) is 4.83. The van der Waals surface area contributed by atoms with Gasteiger partial charge in [0.15, 0.2) is 0 Å². The molecule has 3 aromatic rings. The number of ether oxygens (including phenoxy) is 2. The number of hydrogen-bond acceptors (Lipinski definition) is 4. The molecule has 0 aliphatic carbocycles. The molecule has 0 bridgehead atoms. The summed E-state index contributed by atoms with van der Waals surface area (Å²) in [6.07, 6.45) is 3.60. The number of methoxy groups -OCH3 is 2. The Morgan fingerprint density at radius 3 is 2.55 bits per heavy atom. The highest BCUT2D eigenvalue weighted by molar-refractivity contribution is 5.90. The van der Waals surface area contributed by atoms with E-state index in [1.807, 2.05) is 24.3 Å². The van der Waals surface area contributed by atoms with Crippen LogP contribution in [-0.4, -0.2) is 29.9 Å². The van der Waals surface area contributed by atoms with E-state index in [-0.39, 0.29) is 0 Å². The molecule has 1 N–H and O–H groups in total. The molecule has 5 heteroatoms. The first-order valence-corrected chi connectivity index (χ1v) is 9.58. The first kappa shape index (κ1) is 20.7. The molecule has 1 heterocycles. The van der Waals surface area contributed by atoms with E-state index in [2.05, 4.69) is 31.2 Å². The maximum atomic E-state index is 11.8. The van der Waals surface area contributed by atoms with Crippen LogP contribution in [0.25, 0.3) is 10.9 Å². The van der Waals surface area contributed by atoms with Crippen molar-refractivity contribution in [1.29, 1.82) is 0 Å². The summed E-state index contributed by atoms with van der Waals surface area (Å²) in [6, 6.07) is 11.6. The second kappa shape index (κ2) is 8.53. The Labute approximate surface area is 171 Å². The van der Waals surface area contributed by atoms with Gasteiger partial charge in [0.05, 0.1) is 25.9 Å². The number of hydrogen-bond donors (Lipinski definition) is 1. The predicted molar refractivity (Wildman–Crippen MR) is 115 cm³/mol. The molecule has 0 radical (unpaired) electrons. The molecule has 0 aliphatic rings. The zero-order valence-electron chi connectivity index (χ0n) is 17.3. The standard InChI is InChI=1S/C24H27NO4/c1-6-22(26)16-9-10-21-20(12-16)19(14-25(21)15(2)3)11-17-7-8-18(24(27)29-5)13-23(17)28-4/h6-10,12-15,22,26H,1,11H2,2-5H3. The van der Waals surface area contributed by atoms with Crippen molar-refractivity contribution in [1.82, 2.24) is 4.57 Å². The quantitative estimate of drug-likeness (QED) is 0.461. The number of aliphatic hydroxyl groups excluding tert-OH is 1. The van der Waals surface area contributed by atoms with Crippen molar-refractivity contribution < 1.29 is 19.4 Å². The van der Waals surface area contributed by atoms with Crippen molar-refractivity contribution in [3.05, 3.63) is 77.5 Å². The van der Waals surface area contributed by atoms with Gasteiger partial charge in [-0.2, -0.15) is 0 Å². The molecule has 0 spiro atoms. The van der Waals surface area contributed by atoms with Gasteiger partial charge in [-0.25, -0.2) is 4.79 Å². The molecule has 2 aromatic carbocycles. The van der Waals surface area contributed by atoms with E-state index in [1.165, 1.54) is 13.2 Å². The highest BCUT2D eigenvalue weighted by Crippen LogP contribution is 2.32. The zero-order valence-corrected chi connectivity index (χ0v) is 17.3. The van der Waals surface area contributed by atoms with Crippen molar-refractivity contribution >= 4 is 16.9 Å². The van der Waals surface area contributed by atoms with Crippen LogP contribution in [0.5, 0.6) is 5.75 Å². The molecule has 5 nitrogen and oxygen atoms in total. The van der Waals surface area contributed by atoms with Crippen molar-refractivity contribution in [3.8, 4) is 5.75 Å². The van der Waals surface area contributed by atoms with Crippen LogP contribution in [0.3, 0.4) is 0 Å². The van der Waals surface area contributed by atoms with Gasteiger partial charge in [-0.05, 0) is 54.8 Å². The Morgan fingerprint density at radius 2 is 1.93 bits per heavy atom. The summed E-state index contributed by atoms with van der Waals surface area (Å²) in [5, 5.41) is 11.3. The summed E-state index contributed by atoms with van der Waals surface area (Å²) in [4.78, 5) is 11.8. The Kier molecular flexibility index (Phi) is 6.09. The molecular weight excluding hydrogens is 366 g/mol. The van der Waals surface area contributed by atoms with E-state index in [0.29, 0.717) is 23.8 Å². The van der Waals surface area contributed by atoms with Gasteiger partial charge in [-0.15, -0.1) is 6.58 Å². The summed E-state index contributed by atoms with van der Waals surface area (Å²) in [5.41, 5.74) is 4.46. The smallest absolute Gasteiger partial charge is 0.337 e. The number of carbonyl (C=O) groups is 1.